The van der Waals surface area contributed by atoms with Crippen LogP contribution in [0.4, 0.5) is 0 Å². The van der Waals surface area contributed by atoms with E-state index < -0.39 is 6.04 Å². The van der Waals surface area contributed by atoms with E-state index in [1.165, 1.54) is 0 Å². The second-order valence-corrected chi connectivity index (χ2v) is 9.07. The van der Waals surface area contributed by atoms with E-state index in [-0.39, 0.29) is 18.4 Å². The second-order valence-electron chi connectivity index (χ2n) is 8.28. The molecule has 180 valence electrons. The first-order valence-electron chi connectivity index (χ1n) is 12.0. The Labute approximate surface area is 210 Å². The molecule has 0 unspecified atom stereocenters. The molecular formula is C28H33BrN2O3. The number of ether oxygens (including phenoxy) is 1. The van der Waals surface area contributed by atoms with E-state index in [1.807, 2.05) is 73.7 Å². The number of hydrogen-bond donors (Lipinski definition) is 1. The van der Waals surface area contributed by atoms with Gasteiger partial charge >= 0.3 is 0 Å². The molecule has 3 aromatic carbocycles. The smallest absolute Gasteiger partial charge is 0.261 e. The van der Waals surface area contributed by atoms with E-state index in [0.29, 0.717) is 31.7 Å². The van der Waals surface area contributed by atoms with Gasteiger partial charge in [0, 0.05) is 13.1 Å². The van der Waals surface area contributed by atoms with Crippen molar-refractivity contribution >= 4 is 38.5 Å². The number of rotatable bonds is 12. The molecule has 6 heteroatoms. The van der Waals surface area contributed by atoms with Crippen LogP contribution in [0.25, 0.3) is 10.8 Å². The Morgan fingerprint density at radius 1 is 1.00 bits per heavy atom. The molecule has 0 radical (unpaired) electrons. The quantitative estimate of drug-likeness (QED) is 0.307. The van der Waals surface area contributed by atoms with E-state index in [1.54, 1.807) is 4.90 Å². The summed E-state index contributed by atoms with van der Waals surface area (Å²) in [5, 5.41) is 5.10. The van der Waals surface area contributed by atoms with Crippen LogP contribution in [0.5, 0.6) is 5.75 Å². The number of nitrogens with zero attached hydrogens (tertiary/aromatic N) is 1. The number of benzene rings is 3. The largest absolute Gasteiger partial charge is 0.483 e. The third-order valence-electron chi connectivity index (χ3n) is 5.88. The normalized spacial score (nSPS) is 11.7. The minimum Gasteiger partial charge on any atom is -0.483 e. The van der Waals surface area contributed by atoms with Gasteiger partial charge in [-0.3, -0.25) is 9.59 Å². The number of unbranched alkanes of at least 4 members (excludes halogenated alkanes) is 1. The van der Waals surface area contributed by atoms with Crippen LogP contribution in [0.15, 0.2) is 71.2 Å². The van der Waals surface area contributed by atoms with Gasteiger partial charge in [-0.1, -0.05) is 80.9 Å². The van der Waals surface area contributed by atoms with Crippen LogP contribution < -0.4 is 10.1 Å². The Kier molecular flexibility index (Phi) is 9.95. The zero-order valence-corrected chi connectivity index (χ0v) is 21.5. The van der Waals surface area contributed by atoms with E-state index in [2.05, 4.69) is 28.2 Å². The summed E-state index contributed by atoms with van der Waals surface area (Å²) in [5.74, 6) is 0.299. The molecule has 3 aromatic rings. The Morgan fingerprint density at radius 2 is 1.74 bits per heavy atom. The molecule has 0 heterocycles. The SMILES string of the molecule is CCCCNC(=O)[C@@H](CC)N(CCc1ccccc1)C(=O)COc1ccc2ccccc2c1Br. The van der Waals surface area contributed by atoms with Crippen molar-refractivity contribution < 1.29 is 14.3 Å². The van der Waals surface area contributed by atoms with Crippen molar-refractivity contribution in [3.8, 4) is 5.75 Å². The van der Waals surface area contributed by atoms with Gasteiger partial charge in [0.15, 0.2) is 6.61 Å². The van der Waals surface area contributed by atoms with Crippen LogP contribution in [-0.2, 0) is 16.0 Å². The van der Waals surface area contributed by atoms with Gasteiger partial charge in [-0.15, -0.1) is 0 Å². The monoisotopic (exact) mass is 524 g/mol. The molecule has 0 saturated carbocycles. The van der Waals surface area contributed by atoms with Gasteiger partial charge in [0.2, 0.25) is 5.91 Å². The van der Waals surface area contributed by atoms with Gasteiger partial charge in [0.25, 0.3) is 5.91 Å². The molecule has 0 aliphatic carbocycles. The van der Waals surface area contributed by atoms with Crippen LogP contribution in [-0.4, -0.2) is 42.5 Å². The summed E-state index contributed by atoms with van der Waals surface area (Å²) in [6, 6.07) is 21.3. The number of halogens is 1. The molecule has 1 N–H and O–H groups in total. The highest BCUT2D eigenvalue weighted by Crippen LogP contribution is 2.33. The van der Waals surface area contributed by atoms with E-state index in [9.17, 15) is 9.59 Å². The average Bonchev–Trinajstić information content (AvgIpc) is 2.86. The Bertz CT molecular complexity index is 1090. The molecule has 0 fully saturated rings. The van der Waals surface area contributed by atoms with E-state index in [4.69, 9.17) is 4.74 Å². The summed E-state index contributed by atoms with van der Waals surface area (Å²) in [6.07, 6.45) is 3.13. The first-order valence-corrected chi connectivity index (χ1v) is 12.8. The lowest BCUT2D eigenvalue weighted by Crippen LogP contribution is -2.51. The fourth-order valence-corrected chi connectivity index (χ4v) is 4.56. The molecule has 1 atom stereocenters. The highest BCUT2D eigenvalue weighted by molar-refractivity contribution is 9.10. The van der Waals surface area contributed by atoms with Crippen molar-refractivity contribution in [2.75, 3.05) is 19.7 Å². The Morgan fingerprint density at radius 3 is 2.47 bits per heavy atom. The molecule has 0 saturated heterocycles. The van der Waals surface area contributed by atoms with Crippen LogP contribution in [0.2, 0.25) is 0 Å². The van der Waals surface area contributed by atoms with Crippen LogP contribution in [0.3, 0.4) is 0 Å². The summed E-state index contributed by atoms with van der Waals surface area (Å²) in [4.78, 5) is 28.0. The highest BCUT2D eigenvalue weighted by atomic mass is 79.9. The number of carbonyl (C=O) groups excluding carboxylic acids is 2. The molecular weight excluding hydrogens is 492 g/mol. The predicted octanol–water partition coefficient (Wildman–Crippen LogP) is 5.75. The topological polar surface area (TPSA) is 58.6 Å². The van der Waals surface area contributed by atoms with Gasteiger partial charge in [0.05, 0.1) is 4.47 Å². The fraction of sp³-hybridized carbons (Fsp3) is 0.357. The summed E-state index contributed by atoms with van der Waals surface area (Å²) in [7, 11) is 0. The van der Waals surface area contributed by atoms with Crippen molar-refractivity contribution in [2.24, 2.45) is 0 Å². The number of carbonyl (C=O) groups is 2. The molecule has 34 heavy (non-hydrogen) atoms. The summed E-state index contributed by atoms with van der Waals surface area (Å²) < 4.78 is 6.76. The van der Waals surface area contributed by atoms with Crippen molar-refractivity contribution in [3.63, 3.8) is 0 Å². The van der Waals surface area contributed by atoms with Crippen LogP contribution in [0, 0.1) is 0 Å². The molecule has 0 bridgehead atoms. The molecule has 0 spiro atoms. The second kappa shape index (κ2) is 13.1. The number of amides is 2. The van der Waals surface area contributed by atoms with Crippen molar-refractivity contribution in [1.82, 2.24) is 10.2 Å². The predicted molar refractivity (Wildman–Crippen MR) is 141 cm³/mol. The lowest BCUT2D eigenvalue weighted by atomic mass is 10.1. The first kappa shape index (κ1) is 25.8. The minimum atomic E-state index is -0.531. The van der Waals surface area contributed by atoms with E-state index in [0.717, 1.165) is 33.7 Å². The maximum absolute atomic E-state index is 13.4. The van der Waals surface area contributed by atoms with Crippen molar-refractivity contribution in [3.05, 3.63) is 76.8 Å². The number of hydrogen-bond acceptors (Lipinski definition) is 3. The average molecular weight is 525 g/mol. The number of fused-ring (bicyclic) bond motifs is 1. The van der Waals surface area contributed by atoms with Gasteiger partial charge < -0.3 is 15.0 Å². The molecule has 0 aromatic heterocycles. The number of nitrogens with one attached hydrogen (secondary N) is 1. The Hall–Kier alpha value is -2.86. The summed E-state index contributed by atoms with van der Waals surface area (Å²) in [5.41, 5.74) is 1.12. The maximum atomic E-state index is 13.4. The lowest BCUT2D eigenvalue weighted by molar-refractivity contribution is -0.142. The highest BCUT2D eigenvalue weighted by Gasteiger charge is 2.28. The molecule has 5 nitrogen and oxygen atoms in total. The van der Waals surface area contributed by atoms with Gasteiger partial charge in [0.1, 0.15) is 11.8 Å². The van der Waals surface area contributed by atoms with Crippen molar-refractivity contribution in [2.45, 2.75) is 45.6 Å². The van der Waals surface area contributed by atoms with Crippen molar-refractivity contribution in [1.29, 1.82) is 0 Å². The van der Waals surface area contributed by atoms with Gasteiger partial charge in [-0.2, -0.15) is 0 Å². The third kappa shape index (κ3) is 6.83. The third-order valence-corrected chi connectivity index (χ3v) is 6.70. The van der Waals surface area contributed by atoms with Gasteiger partial charge in [-0.05, 0) is 57.6 Å². The summed E-state index contributed by atoms with van der Waals surface area (Å²) in [6.45, 7) is 4.96. The molecule has 0 aliphatic rings. The Balaban J connectivity index is 1.74. The first-order chi connectivity index (χ1) is 16.5. The van der Waals surface area contributed by atoms with Crippen LogP contribution in [0.1, 0.15) is 38.7 Å². The zero-order chi connectivity index (χ0) is 24.3. The van der Waals surface area contributed by atoms with Gasteiger partial charge in [-0.25, -0.2) is 0 Å². The lowest BCUT2D eigenvalue weighted by Gasteiger charge is -2.30. The van der Waals surface area contributed by atoms with Crippen LogP contribution >= 0.6 is 15.9 Å². The molecule has 2 amide bonds. The maximum Gasteiger partial charge on any atom is 0.261 e. The standard InChI is InChI=1S/C28H33BrN2O3/c1-3-5-18-30-28(33)24(4-2)31(19-17-21-11-7-6-8-12-21)26(32)20-34-25-16-15-22-13-9-10-14-23(22)27(25)29/h6-16,24H,3-5,17-20H2,1-2H3,(H,30,33)/t24-/m1/s1. The fourth-order valence-electron chi connectivity index (χ4n) is 3.95. The molecule has 0 aliphatic heterocycles. The zero-order valence-electron chi connectivity index (χ0n) is 19.9. The van der Waals surface area contributed by atoms with E-state index >= 15 is 0 Å². The molecule has 3 rings (SSSR count). The summed E-state index contributed by atoms with van der Waals surface area (Å²) >= 11 is 3.62. The minimum absolute atomic E-state index is 0.107.